The number of carbonyl (C=O) groups is 3. The molecule has 2 aromatic rings. The fourth-order valence-electron chi connectivity index (χ4n) is 4.44. The summed E-state index contributed by atoms with van der Waals surface area (Å²) >= 11 is 0. The number of rotatable bonds is 12. The minimum Gasteiger partial charge on any atom is -0.481 e. The molecule has 3 N–H and O–H groups in total. The molecule has 0 aromatic heterocycles. The topological polar surface area (TPSA) is 105 Å². The van der Waals surface area contributed by atoms with Crippen molar-refractivity contribution in [1.29, 1.82) is 0 Å². The third-order valence-electron chi connectivity index (χ3n) is 6.23. The molecule has 3 rings (SSSR count). The normalized spacial score (nSPS) is 13.9. The van der Waals surface area contributed by atoms with E-state index < -0.39 is 24.0 Å². The average molecular weight is 467 g/mol. The number of carbonyl (C=O) groups excluding carboxylic acids is 2. The van der Waals surface area contributed by atoms with Crippen LogP contribution >= 0.6 is 0 Å². The first-order chi connectivity index (χ1) is 16.4. The zero-order valence-electron chi connectivity index (χ0n) is 19.9. The molecule has 2 unspecified atom stereocenters. The van der Waals surface area contributed by atoms with E-state index in [2.05, 4.69) is 29.7 Å². The van der Waals surface area contributed by atoms with Gasteiger partial charge >= 0.3 is 12.1 Å². The van der Waals surface area contributed by atoms with Crippen LogP contribution in [0.15, 0.2) is 48.5 Å². The van der Waals surface area contributed by atoms with Gasteiger partial charge < -0.3 is 20.5 Å². The van der Waals surface area contributed by atoms with Crippen LogP contribution in [0.4, 0.5) is 4.79 Å². The summed E-state index contributed by atoms with van der Waals surface area (Å²) in [4.78, 5) is 36.4. The lowest BCUT2D eigenvalue weighted by Crippen LogP contribution is -2.49. The highest BCUT2D eigenvalue weighted by Crippen LogP contribution is 2.44. The Balaban J connectivity index is 1.61. The number of ether oxygens (including phenoxy) is 1. The number of hydrogen-bond donors (Lipinski definition) is 3. The van der Waals surface area contributed by atoms with Crippen LogP contribution in [-0.4, -0.2) is 41.8 Å². The van der Waals surface area contributed by atoms with Gasteiger partial charge in [0, 0.05) is 18.4 Å². The van der Waals surface area contributed by atoms with E-state index in [1.54, 1.807) is 0 Å². The number of amides is 2. The van der Waals surface area contributed by atoms with Crippen molar-refractivity contribution >= 4 is 18.0 Å². The van der Waals surface area contributed by atoms with Crippen LogP contribution in [0, 0.1) is 0 Å². The molecule has 2 aromatic carbocycles. The third kappa shape index (κ3) is 6.59. The molecule has 7 nitrogen and oxygen atoms in total. The third-order valence-corrected chi connectivity index (χ3v) is 6.23. The molecule has 0 fully saturated rings. The van der Waals surface area contributed by atoms with Gasteiger partial charge in [0.05, 0.1) is 0 Å². The van der Waals surface area contributed by atoms with Crippen LogP contribution in [0.2, 0.25) is 0 Å². The van der Waals surface area contributed by atoms with Crippen molar-refractivity contribution in [2.75, 3.05) is 6.61 Å². The van der Waals surface area contributed by atoms with Crippen molar-refractivity contribution < 1.29 is 24.2 Å². The molecule has 2 amide bonds. The van der Waals surface area contributed by atoms with E-state index in [9.17, 15) is 14.4 Å². The van der Waals surface area contributed by atoms with Crippen molar-refractivity contribution in [3.8, 4) is 11.1 Å². The number of fused-ring (bicyclic) bond motifs is 3. The first-order valence-corrected chi connectivity index (χ1v) is 12.0. The molecule has 0 saturated carbocycles. The Morgan fingerprint density at radius 2 is 1.56 bits per heavy atom. The predicted octanol–water partition coefficient (Wildman–Crippen LogP) is 4.84. The van der Waals surface area contributed by atoms with Gasteiger partial charge in [0.15, 0.2) is 0 Å². The second kappa shape index (κ2) is 12.2. The molecule has 0 radical (unpaired) electrons. The van der Waals surface area contributed by atoms with Crippen LogP contribution < -0.4 is 10.6 Å². The highest BCUT2D eigenvalue weighted by molar-refractivity contribution is 5.86. The van der Waals surface area contributed by atoms with Crippen LogP contribution in [0.5, 0.6) is 0 Å². The largest absolute Gasteiger partial charge is 0.481 e. The summed E-state index contributed by atoms with van der Waals surface area (Å²) in [6.45, 7) is 4.15. The average Bonchev–Trinajstić information content (AvgIpc) is 3.14. The summed E-state index contributed by atoms with van der Waals surface area (Å²) < 4.78 is 5.53. The first kappa shape index (κ1) is 25.3. The van der Waals surface area contributed by atoms with Crippen molar-refractivity contribution in [1.82, 2.24) is 10.6 Å². The molecule has 0 saturated heterocycles. The maximum atomic E-state index is 12.7. The molecular weight excluding hydrogens is 432 g/mol. The van der Waals surface area contributed by atoms with Crippen LogP contribution in [0.25, 0.3) is 11.1 Å². The monoisotopic (exact) mass is 466 g/mol. The number of carboxylic acid groups (broad SMARTS) is 1. The van der Waals surface area contributed by atoms with Crippen molar-refractivity contribution in [3.05, 3.63) is 59.7 Å². The van der Waals surface area contributed by atoms with E-state index in [0.29, 0.717) is 0 Å². The number of nitrogens with one attached hydrogen (secondary N) is 2. The van der Waals surface area contributed by atoms with Gasteiger partial charge in [0.2, 0.25) is 5.91 Å². The maximum Gasteiger partial charge on any atom is 0.407 e. The first-order valence-electron chi connectivity index (χ1n) is 12.0. The lowest BCUT2D eigenvalue weighted by atomic mass is 9.98. The molecular formula is C27H34N2O5. The summed E-state index contributed by atoms with van der Waals surface area (Å²) in [7, 11) is 0. The minimum atomic E-state index is -1.02. The smallest absolute Gasteiger partial charge is 0.407 e. The zero-order chi connectivity index (χ0) is 24.5. The van der Waals surface area contributed by atoms with Crippen molar-refractivity contribution in [3.63, 3.8) is 0 Å². The number of unbranched alkanes of at least 4 members (excludes halogenated alkanes) is 2. The van der Waals surface area contributed by atoms with Gasteiger partial charge in [-0.05, 0) is 42.0 Å². The van der Waals surface area contributed by atoms with E-state index in [1.807, 2.05) is 43.3 Å². The summed E-state index contributed by atoms with van der Waals surface area (Å²) in [5.74, 6) is -1.51. The van der Waals surface area contributed by atoms with Gasteiger partial charge in [0.25, 0.3) is 0 Å². The van der Waals surface area contributed by atoms with E-state index in [0.717, 1.165) is 47.9 Å². The Kier molecular flexibility index (Phi) is 9.08. The summed E-state index contributed by atoms with van der Waals surface area (Å²) in [6, 6.07) is 15.0. The molecule has 0 bridgehead atoms. The molecule has 1 aliphatic rings. The molecule has 7 heteroatoms. The Morgan fingerprint density at radius 3 is 2.15 bits per heavy atom. The van der Waals surface area contributed by atoms with Crippen LogP contribution in [0.3, 0.4) is 0 Å². The van der Waals surface area contributed by atoms with Gasteiger partial charge in [-0.15, -0.1) is 0 Å². The zero-order valence-corrected chi connectivity index (χ0v) is 19.9. The van der Waals surface area contributed by atoms with Crippen LogP contribution in [-0.2, 0) is 14.3 Å². The molecule has 1 aliphatic carbocycles. The fraction of sp³-hybridized carbons (Fsp3) is 0.444. The highest BCUT2D eigenvalue weighted by atomic mass is 16.5. The molecule has 0 heterocycles. The summed E-state index contributed by atoms with van der Waals surface area (Å²) in [5.41, 5.74) is 4.45. The Hall–Kier alpha value is -3.35. The van der Waals surface area contributed by atoms with Gasteiger partial charge in [-0.3, -0.25) is 9.59 Å². The number of benzene rings is 2. The van der Waals surface area contributed by atoms with Crippen LogP contribution in [0.1, 0.15) is 69.4 Å². The van der Waals surface area contributed by atoms with Gasteiger partial charge in [-0.2, -0.15) is 0 Å². The Labute approximate surface area is 200 Å². The molecule has 0 aliphatic heterocycles. The lowest BCUT2D eigenvalue weighted by Gasteiger charge is -2.21. The van der Waals surface area contributed by atoms with E-state index in [4.69, 9.17) is 9.84 Å². The van der Waals surface area contributed by atoms with E-state index in [-0.39, 0.29) is 31.4 Å². The second-order valence-corrected chi connectivity index (χ2v) is 8.86. The maximum absolute atomic E-state index is 12.7. The Bertz CT molecular complexity index is 961. The van der Waals surface area contributed by atoms with Gasteiger partial charge in [-0.25, -0.2) is 4.79 Å². The minimum absolute atomic E-state index is 0.00690. The standard InChI is InChI=1S/C27H34N2O5/c1-3-4-5-10-18(2)28-26(32)24(15-16-25(30)31)29-27(33)34-17-23-21-13-8-6-11-19(21)20-12-7-9-14-22(20)23/h6-9,11-14,18,23-24H,3-5,10,15-17H2,1-2H3,(H,28,32)(H,29,33)(H,30,31). The van der Waals surface area contributed by atoms with E-state index in [1.165, 1.54) is 0 Å². The highest BCUT2D eigenvalue weighted by Gasteiger charge is 2.30. The number of carboxylic acids is 1. The molecule has 0 spiro atoms. The molecule has 34 heavy (non-hydrogen) atoms. The second-order valence-electron chi connectivity index (χ2n) is 8.86. The lowest BCUT2D eigenvalue weighted by molar-refractivity contribution is -0.137. The summed E-state index contributed by atoms with van der Waals surface area (Å²) in [6.07, 6.45) is 3.03. The van der Waals surface area contributed by atoms with Gasteiger partial charge in [0.1, 0.15) is 12.6 Å². The summed E-state index contributed by atoms with van der Waals surface area (Å²) in [5, 5.41) is 14.5. The van der Waals surface area contributed by atoms with Crippen molar-refractivity contribution in [2.45, 2.75) is 70.4 Å². The SMILES string of the molecule is CCCCCC(C)NC(=O)C(CCC(=O)O)NC(=O)OCC1c2ccccc2-c2ccccc21. The number of hydrogen-bond acceptors (Lipinski definition) is 4. The Morgan fingerprint density at radius 1 is 0.941 bits per heavy atom. The van der Waals surface area contributed by atoms with E-state index >= 15 is 0 Å². The molecule has 2 atom stereocenters. The van der Waals surface area contributed by atoms with Gasteiger partial charge in [-0.1, -0.05) is 74.7 Å². The fourth-order valence-corrected chi connectivity index (χ4v) is 4.44. The predicted molar refractivity (Wildman–Crippen MR) is 131 cm³/mol. The number of alkyl carbamates (subject to hydrolysis) is 1. The number of aliphatic carboxylic acids is 1. The van der Waals surface area contributed by atoms with Crippen molar-refractivity contribution in [2.24, 2.45) is 0 Å². The quantitative estimate of drug-likeness (QED) is 0.388. The molecule has 182 valence electrons.